The molecule has 5 heterocycles. The van der Waals surface area contributed by atoms with Gasteiger partial charge in [-0.3, -0.25) is 4.79 Å². The SMILES string of the molecule is CCCCOc1[nH]c(C(=O)OCC)c2c1C(c1ccc(Sc3nc4cc(F)ccc4[nH]3)o1)C1=C(CNCC1=O)N2. The van der Waals surface area contributed by atoms with Crippen molar-refractivity contribution in [3.63, 3.8) is 0 Å². The number of furan rings is 1. The van der Waals surface area contributed by atoms with E-state index in [0.717, 1.165) is 12.8 Å². The van der Waals surface area contributed by atoms with Crippen LogP contribution in [0, 0.1) is 5.82 Å². The second-order valence-electron chi connectivity index (χ2n) is 9.48. The van der Waals surface area contributed by atoms with Crippen LogP contribution in [0.4, 0.5) is 10.1 Å². The van der Waals surface area contributed by atoms with Crippen molar-refractivity contribution >= 4 is 40.2 Å². The molecular formula is C28H28FN5O5S. The van der Waals surface area contributed by atoms with E-state index >= 15 is 0 Å². The van der Waals surface area contributed by atoms with Crippen LogP contribution in [0.15, 0.2) is 56.3 Å². The number of Topliss-reactive ketones (excluding diaryl/α,β-unsaturated/α-hetero) is 1. The van der Waals surface area contributed by atoms with Crippen LogP contribution in [0.3, 0.4) is 0 Å². The molecule has 0 spiro atoms. The van der Waals surface area contributed by atoms with Crippen molar-refractivity contribution in [3.8, 4) is 5.88 Å². The Balaban J connectivity index is 1.42. The van der Waals surface area contributed by atoms with E-state index in [0.29, 0.717) is 68.6 Å². The summed E-state index contributed by atoms with van der Waals surface area (Å²) in [5.74, 6) is -0.661. The van der Waals surface area contributed by atoms with Gasteiger partial charge in [0.1, 0.15) is 11.6 Å². The van der Waals surface area contributed by atoms with Crippen LogP contribution in [0.25, 0.3) is 11.0 Å². The molecule has 3 aromatic heterocycles. The summed E-state index contributed by atoms with van der Waals surface area (Å²) in [4.78, 5) is 36.9. The molecule has 1 atom stereocenters. The third-order valence-corrected chi connectivity index (χ3v) is 7.61. The van der Waals surface area contributed by atoms with Gasteiger partial charge < -0.3 is 34.5 Å². The zero-order valence-corrected chi connectivity index (χ0v) is 22.8. The minimum Gasteiger partial charge on any atom is -0.479 e. The van der Waals surface area contributed by atoms with Crippen LogP contribution >= 0.6 is 11.8 Å². The van der Waals surface area contributed by atoms with Gasteiger partial charge in [-0.2, -0.15) is 0 Å². The van der Waals surface area contributed by atoms with Crippen molar-refractivity contribution in [2.75, 3.05) is 31.6 Å². The second kappa shape index (κ2) is 10.9. The van der Waals surface area contributed by atoms with Gasteiger partial charge in [0.05, 0.1) is 48.0 Å². The molecule has 0 saturated heterocycles. The van der Waals surface area contributed by atoms with E-state index in [1.54, 1.807) is 19.1 Å². The first-order valence-electron chi connectivity index (χ1n) is 13.2. The number of fused-ring (bicyclic) bond motifs is 2. The number of H-pyrrole nitrogens is 2. The van der Waals surface area contributed by atoms with Crippen LogP contribution in [-0.2, 0) is 9.53 Å². The number of nitrogens with one attached hydrogen (secondary N) is 4. The lowest BCUT2D eigenvalue weighted by Gasteiger charge is -2.32. The minimum absolute atomic E-state index is 0.0762. The minimum atomic E-state index is -0.615. The Hall–Kier alpha value is -4.03. The summed E-state index contributed by atoms with van der Waals surface area (Å²) >= 11 is 1.26. The lowest BCUT2D eigenvalue weighted by atomic mass is 9.81. The maximum Gasteiger partial charge on any atom is 0.357 e. The Kier molecular flexibility index (Phi) is 7.11. The summed E-state index contributed by atoms with van der Waals surface area (Å²) in [6.07, 6.45) is 1.75. The molecule has 0 saturated carbocycles. The summed E-state index contributed by atoms with van der Waals surface area (Å²) in [6, 6.07) is 7.99. The molecule has 2 aliphatic heterocycles. The highest BCUT2D eigenvalue weighted by atomic mass is 32.2. The number of aromatic nitrogens is 3. The highest BCUT2D eigenvalue weighted by Crippen LogP contribution is 2.49. The molecule has 6 rings (SSSR count). The summed E-state index contributed by atoms with van der Waals surface area (Å²) < 4.78 is 31.4. The van der Waals surface area contributed by atoms with Crippen LogP contribution in [0.5, 0.6) is 5.88 Å². The summed E-state index contributed by atoms with van der Waals surface area (Å²) in [5.41, 5.74) is 3.82. The van der Waals surface area contributed by atoms with Crippen LogP contribution < -0.4 is 15.4 Å². The van der Waals surface area contributed by atoms with E-state index in [2.05, 4.69) is 32.5 Å². The fourth-order valence-corrected chi connectivity index (χ4v) is 5.78. The highest BCUT2D eigenvalue weighted by Gasteiger charge is 2.42. The number of anilines is 1. The van der Waals surface area contributed by atoms with Crippen LogP contribution in [-0.4, -0.2) is 53.0 Å². The van der Waals surface area contributed by atoms with E-state index in [1.807, 2.05) is 6.07 Å². The van der Waals surface area contributed by atoms with E-state index in [9.17, 15) is 14.0 Å². The van der Waals surface area contributed by atoms with Gasteiger partial charge in [0.15, 0.2) is 27.6 Å². The number of carbonyl (C=O) groups excluding carboxylic acids is 2. The van der Waals surface area contributed by atoms with Gasteiger partial charge in [-0.15, -0.1) is 0 Å². The molecular weight excluding hydrogens is 537 g/mol. The molecule has 0 fully saturated rings. The number of nitrogens with zero attached hydrogens (tertiary/aromatic N) is 1. The predicted octanol–water partition coefficient (Wildman–Crippen LogP) is 5.11. The quantitative estimate of drug-likeness (QED) is 0.161. The van der Waals surface area contributed by atoms with E-state index < -0.39 is 11.9 Å². The number of imidazole rings is 1. The normalized spacial score (nSPS) is 16.6. The molecule has 1 aromatic carbocycles. The third kappa shape index (κ3) is 4.77. The molecule has 0 radical (unpaired) electrons. The van der Waals surface area contributed by atoms with Gasteiger partial charge in [-0.25, -0.2) is 14.2 Å². The second-order valence-corrected chi connectivity index (χ2v) is 10.5. The molecule has 10 nitrogen and oxygen atoms in total. The Morgan fingerprint density at radius 2 is 2.08 bits per heavy atom. The Bertz CT molecular complexity index is 1640. The zero-order chi connectivity index (χ0) is 27.8. The monoisotopic (exact) mass is 565 g/mol. The number of ether oxygens (including phenoxy) is 2. The predicted molar refractivity (Wildman–Crippen MR) is 146 cm³/mol. The number of aromatic amines is 2. The number of ketones is 1. The van der Waals surface area contributed by atoms with Crippen molar-refractivity contribution in [2.45, 2.75) is 42.9 Å². The molecule has 0 bridgehead atoms. The van der Waals surface area contributed by atoms with E-state index in [-0.39, 0.29) is 30.4 Å². The van der Waals surface area contributed by atoms with E-state index in [1.165, 1.54) is 23.9 Å². The third-order valence-electron chi connectivity index (χ3n) is 6.80. The first kappa shape index (κ1) is 26.2. The standard InChI is InChI=1S/C28H28FN5O5S/c1-3-5-10-38-26-23-22(19-8-9-20(39-19)40-28-32-15-7-6-14(29)11-16(15)33-28)21-17(12-30-13-18(21)35)31-24(23)25(34-26)27(36)37-4-2/h6-9,11,22,30-31,34H,3-5,10,12-13H2,1-2H3,(H,32,33). The van der Waals surface area contributed by atoms with E-state index in [4.69, 9.17) is 13.9 Å². The van der Waals surface area contributed by atoms with Crippen molar-refractivity contribution < 1.29 is 27.9 Å². The largest absolute Gasteiger partial charge is 0.479 e. The molecule has 2 aliphatic rings. The van der Waals surface area contributed by atoms with Gasteiger partial charge in [-0.1, -0.05) is 13.3 Å². The number of carbonyl (C=O) groups is 2. The number of hydrogen-bond donors (Lipinski definition) is 4. The zero-order valence-electron chi connectivity index (χ0n) is 22.0. The lowest BCUT2D eigenvalue weighted by molar-refractivity contribution is -0.115. The molecule has 4 N–H and O–H groups in total. The number of unbranched alkanes of at least 4 members (excludes halogenated alkanes) is 1. The summed E-state index contributed by atoms with van der Waals surface area (Å²) in [6.45, 7) is 5.06. The number of halogens is 1. The van der Waals surface area contributed by atoms with Crippen molar-refractivity contribution in [3.05, 3.63) is 64.4 Å². The van der Waals surface area contributed by atoms with Crippen molar-refractivity contribution in [1.82, 2.24) is 20.3 Å². The van der Waals surface area contributed by atoms with Crippen LogP contribution in [0.1, 0.15) is 54.4 Å². The maximum absolute atomic E-state index is 13.6. The summed E-state index contributed by atoms with van der Waals surface area (Å²) in [5, 5.41) is 7.49. The first-order valence-corrected chi connectivity index (χ1v) is 14.0. The van der Waals surface area contributed by atoms with Crippen LogP contribution in [0.2, 0.25) is 0 Å². The van der Waals surface area contributed by atoms with Gasteiger partial charge >= 0.3 is 5.97 Å². The lowest BCUT2D eigenvalue weighted by Crippen LogP contribution is -2.39. The average Bonchev–Trinajstić information content (AvgIpc) is 3.65. The molecule has 0 aliphatic carbocycles. The molecule has 1 unspecified atom stereocenters. The number of rotatable bonds is 9. The molecule has 40 heavy (non-hydrogen) atoms. The van der Waals surface area contributed by atoms with Gasteiger partial charge in [-0.05, 0) is 49.4 Å². The maximum atomic E-state index is 13.6. The number of esters is 1. The fraction of sp³-hybridized carbons (Fsp3) is 0.321. The van der Waals surface area contributed by atoms with Crippen molar-refractivity contribution in [2.24, 2.45) is 0 Å². The van der Waals surface area contributed by atoms with Gasteiger partial charge in [0.2, 0.25) is 0 Å². The number of benzene rings is 1. The first-order chi connectivity index (χ1) is 19.5. The Labute approximate surface area is 233 Å². The number of hydrogen-bond acceptors (Lipinski definition) is 9. The van der Waals surface area contributed by atoms with Gasteiger partial charge in [0.25, 0.3) is 0 Å². The molecule has 4 aromatic rings. The summed E-state index contributed by atoms with van der Waals surface area (Å²) in [7, 11) is 0. The topological polar surface area (TPSA) is 134 Å². The Morgan fingerprint density at radius 3 is 2.90 bits per heavy atom. The molecule has 0 amide bonds. The average molecular weight is 566 g/mol. The highest BCUT2D eigenvalue weighted by molar-refractivity contribution is 7.99. The van der Waals surface area contributed by atoms with Crippen molar-refractivity contribution in [1.29, 1.82) is 0 Å². The Morgan fingerprint density at radius 1 is 1.20 bits per heavy atom. The molecule has 208 valence electrons. The molecule has 12 heteroatoms. The smallest absolute Gasteiger partial charge is 0.357 e. The fourth-order valence-electron chi connectivity index (χ4n) is 5.02. The van der Waals surface area contributed by atoms with Gasteiger partial charge in [0, 0.05) is 23.9 Å².